The van der Waals surface area contributed by atoms with Gasteiger partial charge in [0.1, 0.15) is 0 Å². The zero-order chi connectivity index (χ0) is 15.0. The minimum Gasteiger partial charge on any atom is -0.357 e. The number of nitrogens with one attached hydrogen (secondary N) is 2. The standard InChI is InChI=1S/C12H17F3N4S.HI/c1-3-6-17-11(16-4-2)18-7-5-10-19-9(8-20-10)12(13,14)15;/h3,8H,1,4-7H2,2H3,(H2,16,17,18);1H. The maximum absolute atomic E-state index is 12.4. The molecule has 0 aromatic carbocycles. The zero-order valence-corrected chi connectivity index (χ0v) is 14.7. The highest BCUT2D eigenvalue weighted by Gasteiger charge is 2.33. The number of rotatable bonds is 6. The second-order valence-corrected chi connectivity index (χ2v) is 4.75. The third-order valence-corrected chi connectivity index (χ3v) is 3.10. The van der Waals surface area contributed by atoms with Gasteiger partial charge in [0.15, 0.2) is 11.7 Å². The molecule has 0 aliphatic heterocycles. The second-order valence-electron chi connectivity index (χ2n) is 3.80. The predicted octanol–water partition coefficient (Wildman–Crippen LogP) is 3.06. The van der Waals surface area contributed by atoms with Gasteiger partial charge < -0.3 is 10.6 Å². The highest BCUT2D eigenvalue weighted by Crippen LogP contribution is 2.30. The lowest BCUT2D eigenvalue weighted by atomic mass is 10.4. The SMILES string of the molecule is C=CCNC(=NCCc1nc(C(F)(F)F)cs1)NCC.I. The molecule has 9 heteroatoms. The molecule has 0 saturated carbocycles. The lowest BCUT2D eigenvalue weighted by molar-refractivity contribution is -0.140. The molecular formula is C12H18F3IN4S. The molecule has 0 radical (unpaired) electrons. The average Bonchev–Trinajstić information content (AvgIpc) is 2.84. The molecule has 1 aromatic heterocycles. The van der Waals surface area contributed by atoms with E-state index >= 15 is 0 Å². The van der Waals surface area contributed by atoms with Gasteiger partial charge in [-0.15, -0.1) is 41.9 Å². The first-order valence-corrected chi connectivity index (χ1v) is 7.00. The number of aliphatic imine (C=N–C) groups is 1. The third-order valence-electron chi connectivity index (χ3n) is 2.20. The van der Waals surface area contributed by atoms with E-state index in [1.165, 1.54) is 0 Å². The lowest BCUT2D eigenvalue weighted by Gasteiger charge is -2.08. The molecule has 21 heavy (non-hydrogen) atoms. The molecule has 1 rings (SSSR count). The topological polar surface area (TPSA) is 49.3 Å². The number of guanidine groups is 1. The van der Waals surface area contributed by atoms with Gasteiger partial charge in [-0.3, -0.25) is 4.99 Å². The van der Waals surface area contributed by atoms with Gasteiger partial charge in [0.2, 0.25) is 0 Å². The Morgan fingerprint density at radius 2 is 2.19 bits per heavy atom. The number of nitrogens with zero attached hydrogens (tertiary/aromatic N) is 2. The van der Waals surface area contributed by atoms with Crippen LogP contribution in [0.25, 0.3) is 0 Å². The van der Waals surface area contributed by atoms with Crippen molar-refractivity contribution in [2.75, 3.05) is 19.6 Å². The van der Waals surface area contributed by atoms with Gasteiger partial charge in [0.25, 0.3) is 0 Å². The van der Waals surface area contributed by atoms with Gasteiger partial charge >= 0.3 is 6.18 Å². The molecule has 2 N–H and O–H groups in total. The van der Waals surface area contributed by atoms with Crippen LogP contribution in [0.3, 0.4) is 0 Å². The summed E-state index contributed by atoms with van der Waals surface area (Å²) in [5.41, 5.74) is -0.835. The first-order valence-electron chi connectivity index (χ1n) is 6.12. The molecule has 1 aromatic rings. The minimum absolute atomic E-state index is 0. The second kappa shape index (κ2) is 9.98. The van der Waals surface area contributed by atoms with Crippen LogP contribution in [0.5, 0.6) is 0 Å². The molecule has 120 valence electrons. The minimum atomic E-state index is -4.38. The molecule has 0 aliphatic rings. The monoisotopic (exact) mass is 434 g/mol. The van der Waals surface area contributed by atoms with Crippen LogP contribution < -0.4 is 10.6 Å². The number of thiazole rings is 1. The maximum Gasteiger partial charge on any atom is 0.434 e. The highest BCUT2D eigenvalue weighted by atomic mass is 127. The van der Waals surface area contributed by atoms with E-state index in [4.69, 9.17) is 0 Å². The number of hydrogen-bond acceptors (Lipinski definition) is 3. The summed E-state index contributed by atoms with van der Waals surface area (Å²) in [6, 6.07) is 0. The maximum atomic E-state index is 12.4. The molecule has 0 atom stereocenters. The Balaban J connectivity index is 0.00000400. The van der Waals surface area contributed by atoms with Crippen molar-refractivity contribution in [2.24, 2.45) is 4.99 Å². The third kappa shape index (κ3) is 7.65. The van der Waals surface area contributed by atoms with Gasteiger partial charge in [-0.25, -0.2) is 4.98 Å². The van der Waals surface area contributed by atoms with E-state index in [0.717, 1.165) is 16.7 Å². The van der Waals surface area contributed by atoms with Crippen LogP contribution in [0.2, 0.25) is 0 Å². The van der Waals surface area contributed by atoms with Crippen LogP contribution in [-0.4, -0.2) is 30.6 Å². The number of aromatic nitrogens is 1. The molecule has 0 spiro atoms. The van der Waals surface area contributed by atoms with Crippen molar-refractivity contribution in [3.63, 3.8) is 0 Å². The molecule has 1 heterocycles. The van der Waals surface area contributed by atoms with E-state index in [0.29, 0.717) is 37.0 Å². The predicted molar refractivity (Wildman–Crippen MR) is 90.4 cm³/mol. The molecule has 0 aliphatic carbocycles. The van der Waals surface area contributed by atoms with Crippen LogP contribution in [0.4, 0.5) is 13.2 Å². The van der Waals surface area contributed by atoms with Gasteiger partial charge in [-0.2, -0.15) is 13.2 Å². The van der Waals surface area contributed by atoms with E-state index < -0.39 is 11.9 Å². The summed E-state index contributed by atoms with van der Waals surface area (Å²) in [7, 11) is 0. The normalized spacial score (nSPS) is 11.7. The summed E-state index contributed by atoms with van der Waals surface area (Å²) < 4.78 is 37.1. The summed E-state index contributed by atoms with van der Waals surface area (Å²) in [6.07, 6.45) is -2.30. The fourth-order valence-electron chi connectivity index (χ4n) is 1.33. The Hall–Kier alpha value is -0.840. The van der Waals surface area contributed by atoms with Gasteiger partial charge in [0, 0.05) is 31.4 Å². The molecular weight excluding hydrogens is 416 g/mol. The van der Waals surface area contributed by atoms with Crippen molar-refractivity contribution in [2.45, 2.75) is 19.5 Å². The van der Waals surface area contributed by atoms with E-state index in [1.807, 2.05) is 6.92 Å². The van der Waals surface area contributed by atoms with Crippen LogP contribution >= 0.6 is 35.3 Å². The van der Waals surface area contributed by atoms with Crippen molar-refractivity contribution >= 4 is 41.3 Å². The van der Waals surface area contributed by atoms with E-state index in [1.54, 1.807) is 6.08 Å². The summed E-state index contributed by atoms with van der Waals surface area (Å²) in [5.74, 6) is 0.611. The first kappa shape index (κ1) is 20.2. The van der Waals surface area contributed by atoms with Crippen molar-refractivity contribution in [3.05, 3.63) is 28.7 Å². The quantitative estimate of drug-likeness (QED) is 0.313. The van der Waals surface area contributed by atoms with Crippen molar-refractivity contribution < 1.29 is 13.2 Å². The first-order chi connectivity index (χ1) is 9.47. The highest BCUT2D eigenvalue weighted by molar-refractivity contribution is 14.0. The van der Waals surface area contributed by atoms with Crippen molar-refractivity contribution in [1.82, 2.24) is 15.6 Å². The smallest absolute Gasteiger partial charge is 0.357 e. The van der Waals surface area contributed by atoms with E-state index in [2.05, 4.69) is 27.2 Å². The summed E-state index contributed by atoms with van der Waals surface area (Å²) in [4.78, 5) is 7.80. The Labute approximate surface area is 143 Å². The van der Waals surface area contributed by atoms with Crippen LogP contribution in [0.1, 0.15) is 17.6 Å². The van der Waals surface area contributed by atoms with Gasteiger partial charge in [-0.05, 0) is 6.92 Å². The van der Waals surface area contributed by atoms with Crippen molar-refractivity contribution in [3.8, 4) is 0 Å². The average molecular weight is 434 g/mol. The lowest BCUT2D eigenvalue weighted by Crippen LogP contribution is -2.37. The van der Waals surface area contributed by atoms with Crippen LogP contribution in [0, 0.1) is 0 Å². The fourth-order valence-corrected chi connectivity index (χ4v) is 2.12. The summed E-state index contributed by atoms with van der Waals surface area (Å²) >= 11 is 1.00. The summed E-state index contributed by atoms with van der Waals surface area (Å²) in [5, 5.41) is 7.50. The Kier molecular flexibility index (Phi) is 9.58. The van der Waals surface area contributed by atoms with E-state index in [9.17, 15) is 13.2 Å². The molecule has 0 unspecified atom stereocenters. The Bertz CT molecular complexity index is 460. The number of hydrogen-bond donors (Lipinski definition) is 2. The van der Waals surface area contributed by atoms with Gasteiger partial charge in [-0.1, -0.05) is 6.08 Å². The molecule has 0 saturated heterocycles. The van der Waals surface area contributed by atoms with Crippen LogP contribution in [0.15, 0.2) is 23.0 Å². The molecule has 0 amide bonds. The van der Waals surface area contributed by atoms with Gasteiger partial charge in [0.05, 0.1) is 5.01 Å². The molecule has 4 nitrogen and oxygen atoms in total. The number of halogens is 4. The number of alkyl halides is 3. The van der Waals surface area contributed by atoms with Crippen LogP contribution in [-0.2, 0) is 12.6 Å². The largest absolute Gasteiger partial charge is 0.434 e. The zero-order valence-electron chi connectivity index (χ0n) is 11.5. The van der Waals surface area contributed by atoms with Crippen molar-refractivity contribution in [1.29, 1.82) is 0 Å². The van der Waals surface area contributed by atoms with E-state index in [-0.39, 0.29) is 24.0 Å². The summed E-state index contributed by atoms with van der Waals surface area (Å²) in [6.45, 7) is 7.17. The Morgan fingerprint density at radius 1 is 1.48 bits per heavy atom. The fraction of sp³-hybridized carbons (Fsp3) is 0.500. The molecule has 0 bridgehead atoms. The Morgan fingerprint density at radius 3 is 2.71 bits per heavy atom. The molecule has 0 fully saturated rings.